The largest absolute Gasteiger partial charge is 0.387 e. The lowest BCUT2D eigenvalue weighted by Crippen LogP contribution is -2.33. The fraction of sp³-hybridized carbons (Fsp3) is 0.500. The molecule has 0 radical (unpaired) electrons. The normalized spacial score (nSPS) is 17.1. The molecular formula is C12H15F3O. The van der Waals surface area contributed by atoms with Crippen molar-refractivity contribution in [3.05, 3.63) is 35.9 Å². The van der Waals surface area contributed by atoms with Crippen LogP contribution in [0.15, 0.2) is 30.3 Å². The van der Waals surface area contributed by atoms with Gasteiger partial charge in [0, 0.05) is 5.41 Å². The van der Waals surface area contributed by atoms with Crippen molar-refractivity contribution in [3.8, 4) is 0 Å². The Morgan fingerprint density at radius 2 is 1.81 bits per heavy atom. The second-order valence-corrected chi connectivity index (χ2v) is 4.17. The first-order valence-electron chi connectivity index (χ1n) is 5.07. The lowest BCUT2D eigenvalue weighted by molar-refractivity contribution is -0.0224. The first-order valence-corrected chi connectivity index (χ1v) is 5.07. The molecule has 0 saturated heterocycles. The van der Waals surface area contributed by atoms with E-state index in [1.807, 2.05) is 0 Å². The lowest BCUT2D eigenvalue weighted by atomic mass is 9.79. The Balaban J connectivity index is 2.86. The molecule has 2 atom stereocenters. The van der Waals surface area contributed by atoms with Crippen molar-refractivity contribution in [1.82, 2.24) is 0 Å². The summed E-state index contributed by atoms with van der Waals surface area (Å²) in [6, 6.07) is 8.57. The van der Waals surface area contributed by atoms with Crippen LogP contribution in [0.3, 0.4) is 0 Å². The third-order valence-electron chi connectivity index (χ3n) is 2.72. The molecule has 0 aliphatic heterocycles. The van der Waals surface area contributed by atoms with E-state index in [1.165, 1.54) is 6.92 Å². The zero-order valence-electron chi connectivity index (χ0n) is 9.04. The molecule has 0 aliphatic rings. The van der Waals surface area contributed by atoms with Crippen molar-refractivity contribution in [2.24, 2.45) is 0 Å². The Morgan fingerprint density at radius 1 is 1.25 bits per heavy atom. The molecule has 0 fully saturated rings. The number of hydrogen-bond donors (Lipinski definition) is 1. The summed E-state index contributed by atoms with van der Waals surface area (Å²) in [4.78, 5) is 0. The van der Waals surface area contributed by atoms with Gasteiger partial charge in [0.15, 0.2) is 0 Å². The summed E-state index contributed by atoms with van der Waals surface area (Å²) < 4.78 is 37.5. The second-order valence-electron chi connectivity index (χ2n) is 4.17. The minimum Gasteiger partial charge on any atom is -0.387 e. The molecule has 0 heterocycles. The van der Waals surface area contributed by atoms with E-state index in [0.29, 0.717) is 5.56 Å². The van der Waals surface area contributed by atoms with E-state index in [-0.39, 0.29) is 6.42 Å². The minimum atomic E-state index is -2.84. The van der Waals surface area contributed by atoms with Crippen LogP contribution in [0.5, 0.6) is 0 Å². The molecule has 1 aromatic rings. The lowest BCUT2D eigenvalue weighted by Gasteiger charge is -2.29. The van der Waals surface area contributed by atoms with Gasteiger partial charge in [-0.25, -0.2) is 8.78 Å². The Labute approximate surface area is 92.9 Å². The van der Waals surface area contributed by atoms with Crippen LogP contribution in [0.1, 0.15) is 18.9 Å². The Bertz CT molecular complexity index is 315. The third-order valence-corrected chi connectivity index (χ3v) is 2.72. The zero-order valence-corrected chi connectivity index (χ0v) is 9.04. The van der Waals surface area contributed by atoms with Crippen LogP contribution >= 0.6 is 0 Å². The Hall–Kier alpha value is -1.03. The Kier molecular flexibility index (Phi) is 4.35. The van der Waals surface area contributed by atoms with Crippen molar-refractivity contribution in [1.29, 1.82) is 0 Å². The van der Waals surface area contributed by atoms with E-state index in [4.69, 9.17) is 5.11 Å². The predicted molar refractivity (Wildman–Crippen MR) is 56.4 cm³/mol. The van der Waals surface area contributed by atoms with Crippen LogP contribution in [0.4, 0.5) is 13.2 Å². The van der Waals surface area contributed by atoms with Crippen LogP contribution < -0.4 is 0 Å². The molecule has 0 aliphatic carbocycles. The number of alkyl halides is 3. The van der Waals surface area contributed by atoms with Gasteiger partial charge in [-0.2, -0.15) is 0 Å². The van der Waals surface area contributed by atoms with Crippen molar-refractivity contribution in [2.45, 2.75) is 31.3 Å². The van der Waals surface area contributed by atoms with Gasteiger partial charge in [-0.15, -0.1) is 0 Å². The van der Waals surface area contributed by atoms with Gasteiger partial charge in [-0.3, -0.25) is 4.39 Å². The molecule has 0 saturated carbocycles. The molecule has 0 bridgehead atoms. The monoisotopic (exact) mass is 232 g/mol. The van der Waals surface area contributed by atoms with Gasteiger partial charge in [0.05, 0.1) is 6.67 Å². The van der Waals surface area contributed by atoms with E-state index < -0.39 is 24.6 Å². The van der Waals surface area contributed by atoms with E-state index >= 15 is 0 Å². The van der Waals surface area contributed by atoms with E-state index in [2.05, 4.69) is 0 Å². The molecule has 1 rings (SSSR count). The van der Waals surface area contributed by atoms with Gasteiger partial charge in [0.1, 0.15) is 6.10 Å². The van der Waals surface area contributed by atoms with Crippen LogP contribution in [-0.2, 0) is 5.41 Å². The molecule has 0 amide bonds. The third kappa shape index (κ3) is 2.98. The maximum atomic E-state index is 13.0. The average molecular weight is 232 g/mol. The summed E-state index contributed by atoms with van der Waals surface area (Å²) in [5.74, 6) is 0. The highest BCUT2D eigenvalue weighted by Gasteiger charge is 2.32. The van der Waals surface area contributed by atoms with Gasteiger partial charge in [-0.1, -0.05) is 37.3 Å². The molecule has 2 unspecified atom stereocenters. The highest BCUT2D eigenvalue weighted by atomic mass is 19.3. The van der Waals surface area contributed by atoms with Crippen molar-refractivity contribution in [3.63, 3.8) is 0 Å². The SMILES string of the molecule is CC(CF)(CC(O)C(F)F)c1ccccc1. The summed E-state index contributed by atoms with van der Waals surface area (Å²) in [6.07, 6.45) is -4.92. The maximum absolute atomic E-state index is 13.0. The van der Waals surface area contributed by atoms with Gasteiger partial charge in [-0.05, 0) is 12.0 Å². The summed E-state index contributed by atoms with van der Waals surface area (Å²) in [5.41, 5.74) is -0.436. The number of hydrogen-bond acceptors (Lipinski definition) is 1. The van der Waals surface area contributed by atoms with Gasteiger partial charge >= 0.3 is 0 Å². The molecule has 0 spiro atoms. The van der Waals surface area contributed by atoms with Gasteiger partial charge in [0.2, 0.25) is 0 Å². The number of rotatable bonds is 5. The number of benzene rings is 1. The van der Waals surface area contributed by atoms with E-state index in [9.17, 15) is 13.2 Å². The highest BCUT2D eigenvalue weighted by Crippen LogP contribution is 2.30. The van der Waals surface area contributed by atoms with E-state index in [1.54, 1.807) is 30.3 Å². The quantitative estimate of drug-likeness (QED) is 0.827. The first kappa shape index (κ1) is 13.0. The number of aliphatic hydroxyl groups is 1. The molecule has 1 nitrogen and oxygen atoms in total. The molecular weight excluding hydrogens is 217 g/mol. The van der Waals surface area contributed by atoms with Gasteiger partial charge in [0.25, 0.3) is 6.43 Å². The molecule has 1 aromatic carbocycles. The summed E-state index contributed by atoms with van der Waals surface area (Å²) in [6.45, 7) is 0.759. The first-order chi connectivity index (χ1) is 7.49. The number of halogens is 3. The minimum absolute atomic E-state index is 0.287. The Morgan fingerprint density at radius 3 is 2.25 bits per heavy atom. The highest BCUT2D eigenvalue weighted by molar-refractivity contribution is 5.24. The number of aliphatic hydroxyl groups excluding tert-OH is 1. The fourth-order valence-corrected chi connectivity index (χ4v) is 1.64. The molecule has 90 valence electrons. The van der Waals surface area contributed by atoms with Crippen LogP contribution in [0, 0.1) is 0 Å². The van der Waals surface area contributed by atoms with Crippen molar-refractivity contribution < 1.29 is 18.3 Å². The maximum Gasteiger partial charge on any atom is 0.264 e. The molecule has 0 aromatic heterocycles. The van der Waals surface area contributed by atoms with E-state index in [0.717, 1.165) is 0 Å². The zero-order chi connectivity index (χ0) is 12.2. The summed E-state index contributed by atoms with van der Waals surface area (Å²) in [5, 5.41) is 9.14. The summed E-state index contributed by atoms with van der Waals surface area (Å²) in [7, 11) is 0. The molecule has 1 N–H and O–H groups in total. The van der Waals surface area contributed by atoms with Crippen LogP contribution in [-0.4, -0.2) is 24.3 Å². The van der Waals surface area contributed by atoms with Crippen molar-refractivity contribution in [2.75, 3.05) is 6.67 Å². The molecule has 16 heavy (non-hydrogen) atoms. The predicted octanol–water partition coefficient (Wildman–Crippen LogP) is 2.93. The fourth-order valence-electron chi connectivity index (χ4n) is 1.64. The molecule has 4 heteroatoms. The van der Waals surface area contributed by atoms with Crippen LogP contribution in [0.25, 0.3) is 0 Å². The van der Waals surface area contributed by atoms with Crippen molar-refractivity contribution >= 4 is 0 Å². The smallest absolute Gasteiger partial charge is 0.264 e. The van der Waals surface area contributed by atoms with Gasteiger partial charge < -0.3 is 5.11 Å². The topological polar surface area (TPSA) is 20.2 Å². The standard InChI is InChI=1S/C12H15F3O/c1-12(8-13,7-10(16)11(14)15)9-5-3-2-4-6-9/h2-6,10-11,16H,7-8H2,1H3. The summed E-state index contributed by atoms with van der Waals surface area (Å²) >= 11 is 0. The average Bonchev–Trinajstić information content (AvgIpc) is 2.29. The van der Waals surface area contributed by atoms with Crippen LogP contribution in [0.2, 0.25) is 0 Å². The second kappa shape index (κ2) is 5.34.